The molecule has 7 heteroatoms. The fraction of sp³-hybridized carbons (Fsp3) is 0.786. The summed E-state index contributed by atoms with van der Waals surface area (Å²) in [6.07, 6.45) is 2.69. The zero-order valence-electron chi connectivity index (χ0n) is 12.2. The lowest BCUT2D eigenvalue weighted by Gasteiger charge is -2.18. The van der Waals surface area contributed by atoms with E-state index in [1.807, 2.05) is 0 Å². The molecule has 2 fully saturated rings. The SMILES string of the molecule is COCCC(NC(=O)C1CC(=O)N(CC2CC2)C1)C(=O)O. The molecule has 118 valence electrons. The Labute approximate surface area is 123 Å². The Morgan fingerprint density at radius 2 is 2.19 bits per heavy atom. The van der Waals surface area contributed by atoms with E-state index in [0.717, 1.165) is 19.4 Å². The summed E-state index contributed by atoms with van der Waals surface area (Å²) in [5.74, 6) is -1.31. The van der Waals surface area contributed by atoms with Crippen LogP contribution < -0.4 is 5.32 Å². The number of ether oxygens (including phenoxy) is 1. The van der Waals surface area contributed by atoms with Crippen molar-refractivity contribution in [2.45, 2.75) is 31.7 Å². The van der Waals surface area contributed by atoms with Gasteiger partial charge in [-0.2, -0.15) is 0 Å². The van der Waals surface area contributed by atoms with E-state index >= 15 is 0 Å². The van der Waals surface area contributed by atoms with Gasteiger partial charge in [-0.3, -0.25) is 9.59 Å². The number of carbonyl (C=O) groups is 3. The van der Waals surface area contributed by atoms with E-state index in [2.05, 4.69) is 5.32 Å². The van der Waals surface area contributed by atoms with Crippen LogP contribution in [-0.4, -0.2) is 60.6 Å². The van der Waals surface area contributed by atoms with Crippen LogP contribution in [0.2, 0.25) is 0 Å². The summed E-state index contributed by atoms with van der Waals surface area (Å²) < 4.78 is 4.84. The molecule has 0 aromatic rings. The summed E-state index contributed by atoms with van der Waals surface area (Å²) in [4.78, 5) is 36.8. The van der Waals surface area contributed by atoms with Gasteiger partial charge in [0.25, 0.3) is 0 Å². The predicted octanol–water partition coefficient (Wildman–Crippen LogP) is -0.149. The van der Waals surface area contributed by atoms with E-state index in [1.165, 1.54) is 7.11 Å². The molecule has 0 aromatic heterocycles. The number of hydrogen-bond donors (Lipinski definition) is 2. The van der Waals surface area contributed by atoms with E-state index in [4.69, 9.17) is 9.84 Å². The molecule has 2 aliphatic rings. The Balaban J connectivity index is 1.84. The minimum atomic E-state index is -1.08. The van der Waals surface area contributed by atoms with Crippen molar-refractivity contribution in [3.8, 4) is 0 Å². The van der Waals surface area contributed by atoms with E-state index < -0.39 is 17.9 Å². The third kappa shape index (κ3) is 4.42. The van der Waals surface area contributed by atoms with Crippen molar-refractivity contribution in [2.24, 2.45) is 11.8 Å². The van der Waals surface area contributed by atoms with E-state index in [9.17, 15) is 14.4 Å². The quantitative estimate of drug-likeness (QED) is 0.650. The summed E-state index contributed by atoms with van der Waals surface area (Å²) >= 11 is 0. The number of likely N-dealkylation sites (tertiary alicyclic amines) is 1. The Bertz CT molecular complexity index is 422. The third-order valence-electron chi connectivity index (χ3n) is 3.99. The Kier molecular flexibility index (Phi) is 5.17. The normalized spacial score (nSPS) is 23.2. The molecule has 1 heterocycles. The van der Waals surface area contributed by atoms with Crippen molar-refractivity contribution in [3.05, 3.63) is 0 Å². The largest absolute Gasteiger partial charge is 0.480 e. The molecular formula is C14H22N2O5. The maximum absolute atomic E-state index is 12.1. The second-order valence-electron chi connectivity index (χ2n) is 5.82. The standard InChI is InChI=1S/C14H22N2O5/c1-21-5-4-11(14(19)20)15-13(18)10-6-12(17)16(8-10)7-9-2-3-9/h9-11H,2-8H2,1H3,(H,15,18)(H,19,20). The monoisotopic (exact) mass is 298 g/mol. The highest BCUT2D eigenvalue weighted by Gasteiger charge is 2.38. The first-order chi connectivity index (χ1) is 10.0. The molecule has 0 aromatic carbocycles. The maximum atomic E-state index is 12.1. The van der Waals surface area contributed by atoms with Gasteiger partial charge >= 0.3 is 5.97 Å². The highest BCUT2D eigenvalue weighted by molar-refractivity contribution is 5.91. The molecule has 2 atom stereocenters. The molecule has 2 unspecified atom stereocenters. The number of rotatable bonds is 8. The highest BCUT2D eigenvalue weighted by Crippen LogP contribution is 2.32. The molecule has 21 heavy (non-hydrogen) atoms. The van der Waals surface area contributed by atoms with E-state index in [-0.39, 0.29) is 31.3 Å². The minimum absolute atomic E-state index is 0.00850. The lowest BCUT2D eigenvalue weighted by molar-refractivity contribution is -0.142. The predicted molar refractivity (Wildman–Crippen MR) is 73.5 cm³/mol. The van der Waals surface area contributed by atoms with Crippen molar-refractivity contribution in [1.82, 2.24) is 10.2 Å². The topological polar surface area (TPSA) is 95.9 Å². The van der Waals surface area contributed by atoms with Gasteiger partial charge in [-0.15, -0.1) is 0 Å². The molecule has 1 saturated heterocycles. The first-order valence-electron chi connectivity index (χ1n) is 7.31. The summed E-state index contributed by atoms with van der Waals surface area (Å²) in [6.45, 7) is 1.39. The second kappa shape index (κ2) is 6.89. The van der Waals surface area contributed by atoms with Gasteiger partial charge in [0.2, 0.25) is 11.8 Å². The van der Waals surface area contributed by atoms with Crippen LogP contribution in [-0.2, 0) is 19.1 Å². The van der Waals surface area contributed by atoms with E-state index in [1.54, 1.807) is 4.90 Å². The van der Waals surface area contributed by atoms with Crippen LogP contribution in [0.5, 0.6) is 0 Å². The molecule has 0 radical (unpaired) electrons. The van der Waals surface area contributed by atoms with Crippen LogP contribution in [0.4, 0.5) is 0 Å². The average molecular weight is 298 g/mol. The molecule has 1 saturated carbocycles. The number of amides is 2. The Hall–Kier alpha value is -1.63. The first kappa shape index (κ1) is 15.8. The Morgan fingerprint density at radius 3 is 2.76 bits per heavy atom. The number of aliphatic carboxylic acids is 1. The summed E-state index contributed by atoms with van der Waals surface area (Å²) in [6, 6.07) is -0.968. The summed E-state index contributed by atoms with van der Waals surface area (Å²) in [5.41, 5.74) is 0. The maximum Gasteiger partial charge on any atom is 0.326 e. The Morgan fingerprint density at radius 1 is 1.48 bits per heavy atom. The van der Waals surface area contributed by atoms with Crippen LogP contribution in [0.3, 0.4) is 0 Å². The number of nitrogens with one attached hydrogen (secondary N) is 1. The van der Waals surface area contributed by atoms with Crippen LogP contribution in [0, 0.1) is 11.8 Å². The van der Waals surface area contributed by atoms with Gasteiger partial charge in [0.05, 0.1) is 5.92 Å². The number of methoxy groups -OCH3 is 1. The summed E-state index contributed by atoms with van der Waals surface area (Å²) in [7, 11) is 1.48. The van der Waals surface area contributed by atoms with Crippen molar-refractivity contribution >= 4 is 17.8 Å². The van der Waals surface area contributed by atoms with Crippen LogP contribution in [0.15, 0.2) is 0 Å². The zero-order valence-corrected chi connectivity index (χ0v) is 12.2. The van der Waals surface area contributed by atoms with Gasteiger partial charge in [0.15, 0.2) is 0 Å². The van der Waals surface area contributed by atoms with Gasteiger partial charge in [0, 0.05) is 39.6 Å². The summed E-state index contributed by atoms with van der Waals surface area (Å²) in [5, 5.41) is 11.6. The van der Waals surface area contributed by atoms with Crippen LogP contribution >= 0.6 is 0 Å². The van der Waals surface area contributed by atoms with Crippen molar-refractivity contribution in [1.29, 1.82) is 0 Å². The van der Waals surface area contributed by atoms with Crippen molar-refractivity contribution in [3.63, 3.8) is 0 Å². The number of hydrogen-bond acceptors (Lipinski definition) is 4. The lowest BCUT2D eigenvalue weighted by atomic mass is 10.1. The molecule has 0 spiro atoms. The first-order valence-corrected chi connectivity index (χ1v) is 7.31. The molecule has 7 nitrogen and oxygen atoms in total. The fourth-order valence-corrected chi connectivity index (χ4v) is 2.52. The zero-order chi connectivity index (χ0) is 15.4. The highest BCUT2D eigenvalue weighted by atomic mass is 16.5. The smallest absolute Gasteiger partial charge is 0.326 e. The van der Waals surface area contributed by atoms with E-state index in [0.29, 0.717) is 12.5 Å². The van der Waals surface area contributed by atoms with Gasteiger partial charge in [-0.1, -0.05) is 0 Å². The molecule has 2 rings (SSSR count). The molecular weight excluding hydrogens is 276 g/mol. The molecule has 1 aliphatic heterocycles. The van der Waals surface area contributed by atoms with Gasteiger partial charge in [-0.25, -0.2) is 4.79 Å². The average Bonchev–Trinajstić information content (AvgIpc) is 3.17. The molecule has 0 bridgehead atoms. The molecule has 2 amide bonds. The number of carboxylic acids is 1. The number of carbonyl (C=O) groups excluding carboxylic acids is 2. The van der Waals surface area contributed by atoms with Crippen molar-refractivity contribution in [2.75, 3.05) is 26.8 Å². The third-order valence-corrected chi connectivity index (χ3v) is 3.99. The fourth-order valence-electron chi connectivity index (χ4n) is 2.52. The molecule has 1 aliphatic carbocycles. The minimum Gasteiger partial charge on any atom is -0.480 e. The number of carboxylic acid groups (broad SMARTS) is 1. The van der Waals surface area contributed by atoms with Gasteiger partial charge in [-0.05, 0) is 18.8 Å². The van der Waals surface area contributed by atoms with Crippen LogP contribution in [0.1, 0.15) is 25.7 Å². The van der Waals surface area contributed by atoms with Gasteiger partial charge in [0.1, 0.15) is 6.04 Å². The van der Waals surface area contributed by atoms with Crippen LogP contribution in [0.25, 0.3) is 0 Å². The lowest BCUT2D eigenvalue weighted by Crippen LogP contribution is -2.44. The van der Waals surface area contributed by atoms with Gasteiger partial charge < -0.3 is 20.1 Å². The second-order valence-corrected chi connectivity index (χ2v) is 5.82. The van der Waals surface area contributed by atoms with Crippen molar-refractivity contribution < 1.29 is 24.2 Å². The number of nitrogens with zero attached hydrogens (tertiary/aromatic N) is 1. The molecule has 2 N–H and O–H groups in total.